The molecule has 2 N–H and O–H groups in total. The van der Waals surface area contributed by atoms with E-state index in [0.29, 0.717) is 0 Å². The van der Waals surface area contributed by atoms with Crippen molar-refractivity contribution in [2.45, 2.75) is 12.6 Å². The first kappa shape index (κ1) is 12.4. The van der Waals surface area contributed by atoms with E-state index in [1.807, 2.05) is 0 Å². The van der Waals surface area contributed by atoms with Crippen molar-refractivity contribution in [1.29, 1.82) is 0 Å². The van der Waals surface area contributed by atoms with Crippen molar-refractivity contribution in [3.8, 4) is 0 Å². The number of halogens is 6. The summed E-state index contributed by atoms with van der Waals surface area (Å²) in [5.74, 6) is -0.794. The summed E-state index contributed by atoms with van der Waals surface area (Å²) >= 11 is 1.29. The Morgan fingerprint density at radius 1 is 1.33 bits per heavy atom. The van der Waals surface area contributed by atoms with Crippen molar-refractivity contribution >= 4 is 28.4 Å². The Morgan fingerprint density at radius 3 is 2.20 bits per heavy atom. The molecule has 1 aromatic rings. The Kier molecular flexibility index (Phi) is 3.36. The Labute approximate surface area is 94.8 Å². The fourth-order valence-electron chi connectivity index (χ4n) is 1.03. The van der Waals surface area contributed by atoms with Crippen LogP contribution in [0.25, 0.3) is 0 Å². The van der Waals surface area contributed by atoms with Gasteiger partial charge in [0, 0.05) is 9.77 Å². The molecule has 2 nitrogen and oxygen atoms in total. The third-order valence-electron chi connectivity index (χ3n) is 1.60. The molecule has 0 aromatic carbocycles. The van der Waals surface area contributed by atoms with Crippen molar-refractivity contribution in [3.05, 3.63) is 20.9 Å². The molecular formula is C7H4F5IN2. The fourth-order valence-corrected chi connectivity index (χ4v) is 1.76. The molecule has 8 heteroatoms. The zero-order valence-electron chi connectivity index (χ0n) is 6.95. The van der Waals surface area contributed by atoms with Crippen LogP contribution in [0, 0.1) is 3.57 Å². The van der Waals surface area contributed by atoms with Gasteiger partial charge in [0.15, 0.2) is 0 Å². The van der Waals surface area contributed by atoms with E-state index in [2.05, 4.69) is 4.98 Å². The molecule has 0 bridgehead atoms. The van der Waals surface area contributed by atoms with Crippen molar-refractivity contribution < 1.29 is 22.0 Å². The Bertz CT molecular complexity index is 376. The van der Waals surface area contributed by atoms with Crippen LogP contribution in [0.5, 0.6) is 0 Å². The van der Waals surface area contributed by atoms with Gasteiger partial charge in [0.25, 0.3) is 6.43 Å². The summed E-state index contributed by atoms with van der Waals surface area (Å²) in [4.78, 5) is 3.26. The third-order valence-corrected chi connectivity index (χ3v) is 2.42. The molecule has 0 saturated heterocycles. The molecule has 0 spiro atoms. The van der Waals surface area contributed by atoms with Gasteiger partial charge in [-0.15, -0.1) is 0 Å². The third kappa shape index (κ3) is 2.47. The molecule has 0 amide bonds. The predicted octanol–water partition coefficient (Wildman–Crippen LogP) is 3.22. The molecule has 0 aliphatic rings. The molecule has 0 saturated carbocycles. The Morgan fingerprint density at radius 2 is 1.87 bits per heavy atom. The number of aromatic nitrogens is 1. The lowest BCUT2D eigenvalue weighted by atomic mass is 10.1. The lowest BCUT2D eigenvalue weighted by molar-refractivity contribution is -0.140. The average molecular weight is 338 g/mol. The van der Waals surface area contributed by atoms with Gasteiger partial charge in [0.1, 0.15) is 5.82 Å². The number of pyridine rings is 1. The van der Waals surface area contributed by atoms with Crippen molar-refractivity contribution in [1.82, 2.24) is 4.98 Å². The van der Waals surface area contributed by atoms with Crippen LogP contribution in [0.2, 0.25) is 0 Å². The maximum absolute atomic E-state index is 12.4. The van der Waals surface area contributed by atoms with Gasteiger partial charge in [-0.3, -0.25) is 0 Å². The molecule has 0 fully saturated rings. The first-order valence-electron chi connectivity index (χ1n) is 3.54. The number of nitrogens with zero attached hydrogens (tertiary/aromatic N) is 1. The molecule has 0 aliphatic carbocycles. The second-order valence-electron chi connectivity index (χ2n) is 2.58. The molecule has 0 unspecified atom stereocenters. The number of alkyl halides is 5. The monoisotopic (exact) mass is 338 g/mol. The number of hydrogen-bond donors (Lipinski definition) is 1. The largest absolute Gasteiger partial charge is 0.418 e. The maximum Gasteiger partial charge on any atom is 0.418 e. The van der Waals surface area contributed by atoms with Gasteiger partial charge in [-0.05, 0) is 22.6 Å². The quantitative estimate of drug-likeness (QED) is 0.631. The van der Waals surface area contributed by atoms with Crippen molar-refractivity contribution in [2.24, 2.45) is 0 Å². The second-order valence-corrected chi connectivity index (χ2v) is 3.74. The van der Waals surface area contributed by atoms with Gasteiger partial charge >= 0.3 is 6.18 Å². The minimum atomic E-state index is -4.86. The molecule has 84 valence electrons. The first-order valence-corrected chi connectivity index (χ1v) is 4.62. The summed E-state index contributed by atoms with van der Waals surface area (Å²) in [6, 6.07) is 0. The molecule has 1 heterocycles. The standard InChI is InChI=1S/C7H4F5IN2/c8-5(9)3-4(7(10,11)12)2(13)1-15-6(3)14/h1,5H,(H2,14,15). The van der Waals surface area contributed by atoms with Crippen LogP contribution in [0.4, 0.5) is 27.8 Å². The highest BCUT2D eigenvalue weighted by molar-refractivity contribution is 14.1. The maximum atomic E-state index is 12.4. The second kappa shape index (κ2) is 4.06. The zero-order chi connectivity index (χ0) is 11.8. The summed E-state index contributed by atoms with van der Waals surface area (Å²) in [5, 5.41) is 0. The summed E-state index contributed by atoms with van der Waals surface area (Å²) in [7, 11) is 0. The van der Waals surface area contributed by atoms with E-state index in [-0.39, 0.29) is 0 Å². The van der Waals surface area contributed by atoms with Gasteiger partial charge in [0.05, 0.1) is 11.1 Å². The molecule has 0 atom stereocenters. The van der Waals surface area contributed by atoms with Gasteiger partial charge in [0.2, 0.25) is 0 Å². The van der Waals surface area contributed by atoms with E-state index in [9.17, 15) is 22.0 Å². The Balaban J connectivity index is 3.53. The lowest BCUT2D eigenvalue weighted by Gasteiger charge is -2.15. The van der Waals surface area contributed by atoms with Gasteiger partial charge in [-0.25, -0.2) is 13.8 Å². The van der Waals surface area contributed by atoms with E-state index in [1.165, 1.54) is 22.6 Å². The van der Waals surface area contributed by atoms with Crippen LogP contribution in [0.15, 0.2) is 6.20 Å². The van der Waals surface area contributed by atoms with Crippen molar-refractivity contribution in [2.75, 3.05) is 5.73 Å². The van der Waals surface area contributed by atoms with Gasteiger partial charge < -0.3 is 5.73 Å². The van der Waals surface area contributed by atoms with Crippen LogP contribution in [-0.2, 0) is 6.18 Å². The van der Waals surface area contributed by atoms with Crippen molar-refractivity contribution in [3.63, 3.8) is 0 Å². The average Bonchev–Trinajstić information content (AvgIpc) is 2.05. The van der Waals surface area contributed by atoms with Crippen LogP contribution in [0.3, 0.4) is 0 Å². The molecule has 15 heavy (non-hydrogen) atoms. The van der Waals surface area contributed by atoms with Crippen LogP contribution in [0.1, 0.15) is 17.6 Å². The summed E-state index contributed by atoms with van der Waals surface area (Å²) < 4.78 is 61.6. The van der Waals surface area contributed by atoms with Gasteiger partial charge in [-0.1, -0.05) is 0 Å². The topological polar surface area (TPSA) is 38.9 Å². The highest BCUT2D eigenvalue weighted by atomic mass is 127. The first-order chi connectivity index (χ1) is 6.75. The Hall–Kier alpha value is -0.670. The zero-order valence-corrected chi connectivity index (χ0v) is 9.10. The summed E-state index contributed by atoms with van der Waals surface area (Å²) in [6.07, 6.45) is -7.35. The fraction of sp³-hybridized carbons (Fsp3) is 0.286. The van der Waals surface area contributed by atoms with E-state index in [0.717, 1.165) is 6.20 Å². The summed E-state index contributed by atoms with van der Waals surface area (Å²) in [5.41, 5.74) is 2.33. The predicted molar refractivity (Wildman–Crippen MR) is 51.3 cm³/mol. The SMILES string of the molecule is Nc1ncc(I)c(C(F)(F)F)c1C(F)F. The van der Waals surface area contributed by atoms with Crippen LogP contribution >= 0.6 is 22.6 Å². The molecule has 1 rings (SSSR count). The van der Waals surface area contributed by atoms with Crippen LogP contribution < -0.4 is 5.73 Å². The van der Waals surface area contributed by atoms with E-state index < -0.39 is 33.1 Å². The number of hydrogen-bond acceptors (Lipinski definition) is 2. The van der Waals surface area contributed by atoms with Crippen LogP contribution in [-0.4, -0.2) is 4.98 Å². The smallest absolute Gasteiger partial charge is 0.383 e. The number of nitrogens with two attached hydrogens (primary N) is 1. The van der Waals surface area contributed by atoms with E-state index >= 15 is 0 Å². The number of nitrogen functional groups attached to an aromatic ring is 1. The van der Waals surface area contributed by atoms with Gasteiger partial charge in [-0.2, -0.15) is 13.2 Å². The minimum absolute atomic E-state index is 0.399. The molecular weight excluding hydrogens is 334 g/mol. The summed E-state index contributed by atoms with van der Waals surface area (Å²) in [6.45, 7) is 0. The normalized spacial score (nSPS) is 12.2. The number of rotatable bonds is 1. The van der Waals surface area contributed by atoms with E-state index in [1.54, 1.807) is 0 Å². The minimum Gasteiger partial charge on any atom is -0.383 e. The van der Waals surface area contributed by atoms with E-state index in [4.69, 9.17) is 5.73 Å². The molecule has 1 aromatic heterocycles. The number of anilines is 1. The highest BCUT2D eigenvalue weighted by Crippen LogP contribution is 2.40. The molecule has 0 aliphatic heterocycles. The lowest BCUT2D eigenvalue weighted by Crippen LogP contribution is -2.15. The highest BCUT2D eigenvalue weighted by Gasteiger charge is 2.39. The molecule has 0 radical (unpaired) electrons.